The van der Waals surface area contributed by atoms with E-state index in [0.29, 0.717) is 5.76 Å². The Morgan fingerprint density at radius 1 is 1.43 bits per heavy atom. The molecule has 0 unspecified atom stereocenters. The monoisotopic (exact) mass is 300 g/mol. The number of Topliss-reactive ketones (excluding diaryl/α,β-unsaturated/α-hetero) is 1. The summed E-state index contributed by atoms with van der Waals surface area (Å²) >= 11 is 2.21. The molecule has 2 aromatic rings. The Morgan fingerprint density at radius 2 is 2.14 bits per heavy atom. The Hall–Kier alpha value is -0.840. The molecular formula is C11H9IO2. The van der Waals surface area contributed by atoms with Crippen LogP contribution in [0.2, 0.25) is 0 Å². The predicted octanol–water partition coefficient (Wildman–Crippen LogP) is 3.55. The average Bonchev–Trinajstić information content (AvgIpc) is 2.46. The van der Waals surface area contributed by atoms with Gasteiger partial charge in [0.2, 0.25) is 0 Å². The Balaban J connectivity index is 2.86. The number of fused-ring (bicyclic) bond motifs is 1. The minimum Gasteiger partial charge on any atom is -0.452 e. The SMILES string of the molecule is CC(=O)c1oc2c(I)cccc2c1C. The number of carbonyl (C=O) groups excluding carboxylic acids is 1. The Kier molecular flexibility index (Phi) is 2.34. The van der Waals surface area contributed by atoms with E-state index in [0.717, 1.165) is 20.1 Å². The van der Waals surface area contributed by atoms with E-state index in [1.165, 1.54) is 6.92 Å². The summed E-state index contributed by atoms with van der Waals surface area (Å²) in [7, 11) is 0. The highest BCUT2D eigenvalue weighted by molar-refractivity contribution is 14.1. The number of ketones is 1. The summed E-state index contributed by atoms with van der Waals surface area (Å²) in [6, 6.07) is 5.91. The number of halogens is 1. The van der Waals surface area contributed by atoms with Gasteiger partial charge in [-0.15, -0.1) is 0 Å². The van der Waals surface area contributed by atoms with Crippen LogP contribution in [0.5, 0.6) is 0 Å². The molecule has 1 aromatic carbocycles. The van der Waals surface area contributed by atoms with Crippen molar-refractivity contribution in [3.63, 3.8) is 0 Å². The smallest absolute Gasteiger partial charge is 0.195 e. The van der Waals surface area contributed by atoms with Gasteiger partial charge in [0.05, 0.1) is 3.57 Å². The largest absolute Gasteiger partial charge is 0.452 e. The van der Waals surface area contributed by atoms with Gasteiger partial charge >= 0.3 is 0 Å². The van der Waals surface area contributed by atoms with Crippen LogP contribution in [-0.2, 0) is 0 Å². The molecule has 0 aliphatic carbocycles. The first kappa shape index (κ1) is 9.71. The zero-order chi connectivity index (χ0) is 10.3. The van der Waals surface area contributed by atoms with E-state index in [1.54, 1.807) is 0 Å². The van der Waals surface area contributed by atoms with Gasteiger partial charge < -0.3 is 4.42 Å². The van der Waals surface area contributed by atoms with Crippen LogP contribution in [-0.4, -0.2) is 5.78 Å². The molecule has 0 fully saturated rings. The van der Waals surface area contributed by atoms with Gasteiger partial charge in [-0.1, -0.05) is 12.1 Å². The normalized spacial score (nSPS) is 10.8. The van der Waals surface area contributed by atoms with E-state index in [2.05, 4.69) is 22.6 Å². The third kappa shape index (κ3) is 1.35. The molecule has 0 atom stereocenters. The quantitative estimate of drug-likeness (QED) is 0.595. The van der Waals surface area contributed by atoms with Crippen molar-refractivity contribution in [1.82, 2.24) is 0 Å². The van der Waals surface area contributed by atoms with Crippen LogP contribution in [0.3, 0.4) is 0 Å². The third-order valence-corrected chi connectivity index (χ3v) is 3.08. The fourth-order valence-electron chi connectivity index (χ4n) is 1.54. The van der Waals surface area contributed by atoms with Crippen molar-refractivity contribution >= 4 is 39.3 Å². The Bertz CT molecular complexity index is 511. The van der Waals surface area contributed by atoms with Crippen LogP contribution in [0, 0.1) is 10.5 Å². The summed E-state index contributed by atoms with van der Waals surface area (Å²) in [4.78, 5) is 11.3. The highest BCUT2D eigenvalue weighted by atomic mass is 127. The lowest BCUT2D eigenvalue weighted by atomic mass is 10.1. The maximum Gasteiger partial charge on any atom is 0.195 e. The molecule has 0 bridgehead atoms. The van der Waals surface area contributed by atoms with Crippen LogP contribution in [0.4, 0.5) is 0 Å². The van der Waals surface area contributed by atoms with Gasteiger partial charge in [0.15, 0.2) is 11.5 Å². The van der Waals surface area contributed by atoms with Crippen LogP contribution >= 0.6 is 22.6 Å². The van der Waals surface area contributed by atoms with Crippen molar-refractivity contribution < 1.29 is 9.21 Å². The maximum atomic E-state index is 11.3. The molecule has 1 aromatic heterocycles. The highest BCUT2D eigenvalue weighted by Gasteiger charge is 2.14. The van der Waals surface area contributed by atoms with E-state index < -0.39 is 0 Å². The summed E-state index contributed by atoms with van der Waals surface area (Å²) in [6.45, 7) is 3.44. The minimum atomic E-state index is -0.0190. The molecule has 0 N–H and O–H groups in total. The predicted molar refractivity (Wildman–Crippen MR) is 63.7 cm³/mol. The Labute approximate surface area is 95.4 Å². The second-order valence-corrected chi connectivity index (χ2v) is 4.39. The van der Waals surface area contributed by atoms with Crippen molar-refractivity contribution in [2.45, 2.75) is 13.8 Å². The van der Waals surface area contributed by atoms with Gasteiger partial charge in [0, 0.05) is 17.9 Å². The zero-order valence-corrected chi connectivity index (χ0v) is 10.1. The topological polar surface area (TPSA) is 30.2 Å². The van der Waals surface area contributed by atoms with Crippen LogP contribution in [0.1, 0.15) is 23.0 Å². The third-order valence-electron chi connectivity index (χ3n) is 2.24. The molecule has 2 rings (SSSR count). The van der Waals surface area contributed by atoms with Crippen molar-refractivity contribution in [1.29, 1.82) is 0 Å². The van der Waals surface area contributed by atoms with Crippen LogP contribution in [0.25, 0.3) is 11.0 Å². The van der Waals surface area contributed by atoms with E-state index in [4.69, 9.17) is 4.42 Å². The van der Waals surface area contributed by atoms with E-state index in [9.17, 15) is 4.79 Å². The Morgan fingerprint density at radius 3 is 2.71 bits per heavy atom. The van der Waals surface area contributed by atoms with Gasteiger partial charge in [-0.05, 0) is 35.6 Å². The standard InChI is InChI=1S/C11H9IO2/c1-6-8-4-3-5-9(12)11(8)14-10(6)7(2)13/h3-5H,1-2H3. The fraction of sp³-hybridized carbons (Fsp3) is 0.182. The summed E-state index contributed by atoms with van der Waals surface area (Å²) in [6.07, 6.45) is 0. The van der Waals surface area contributed by atoms with Crippen molar-refractivity contribution in [3.8, 4) is 0 Å². The second-order valence-electron chi connectivity index (χ2n) is 3.23. The number of aryl methyl sites for hydroxylation is 1. The van der Waals surface area contributed by atoms with Crippen molar-refractivity contribution in [3.05, 3.63) is 33.1 Å². The molecule has 0 radical (unpaired) electrons. The maximum absolute atomic E-state index is 11.3. The highest BCUT2D eigenvalue weighted by Crippen LogP contribution is 2.28. The lowest BCUT2D eigenvalue weighted by Gasteiger charge is -1.90. The molecular weight excluding hydrogens is 291 g/mol. The van der Waals surface area contributed by atoms with Gasteiger partial charge in [-0.25, -0.2) is 0 Å². The molecule has 0 spiro atoms. The van der Waals surface area contributed by atoms with E-state index in [-0.39, 0.29) is 5.78 Å². The molecule has 2 nitrogen and oxygen atoms in total. The summed E-state index contributed by atoms with van der Waals surface area (Å²) < 4.78 is 6.57. The number of para-hydroxylation sites is 1. The lowest BCUT2D eigenvalue weighted by molar-refractivity contribution is 0.0988. The fourth-order valence-corrected chi connectivity index (χ4v) is 2.15. The number of carbonyl (C=O) groups is 1. The van der Waals surface area contributed by atoms with Gasteiger partial charge in [-0.3, -0.25) is 4.79 Å². The lowest BCUT2D eigenvalue weighted by Crippen LogP contribution is -1.90. The van der Waals surface area contributed by atoms with Gasteiger partial charge in [-0.2, -0.15) is 0 Å². The van der Waals surface area contributed by atoms with Crippen molar-refractivity contribution in [2.24, 2.45) is 0 Å². The second kappa shape index (κ2) is 3.38. The average molecular weight is 300 g/mol. The molecule has 14 heavy (non-hydrogen) atoms. The van der Waals surface area contributed by atoms with Gasteiger partial charge in [0.25, 0.3) is 0 Å². The number of benzene rings is 1. The summed E-state index contributed by atoms with van der Waals surface area (Å²) in [5.74, 6) is 0.457. The molecule has 0 saturated heterocycles. The first-order valence-corrected chi connectivity index (χ1v) is 5.37. The molecule has 0 amide bonds. The van der Waals surface area contributed by atoms with Crippen LogP contribution < -0.4 is 0 Å². The van der Waals surface area contributed by atoms with Crippen molar-refractivity contribution in [2.75, 3.05) is 0 Å². The number of hydrogen-bond acceptors (Lipinski definition) is 2. The van der Waals surface area contributed by atoms with E-state index >= 15 is 0 Å². The van der Waals surface area contributed by atoms with Gasteiger partial charge in [0.1, 0.15) is 5.58 Å². The van der Waals surface area contributed by atoms with E-state index in [1.807, 2.05) is 25.1 Å². The number of furan rings is 1. The number of hydrogen-bond donors (Lipinski definition) is 0. The molecule has 0 saturated carbocycles. The molecule has 0 aliphatic rings. The first-order valence-electron chi connectivity index (χ1n) is 4.30. The zero-order valence-electron chi connectivity index (χ0n) is 7.93. The summed E-state index contributed by atoms with van der Waals surface area (Å²) in [5.41, 5.74) is 1.75. The number of rotatable bonds is 1. The summed E-state index contributed by atoms with van der Waals surface area (Å²) in [5, 5.41) is 1.03. The first-order chi connectivity index (χ1) is 6.61. The molecule has 1 heterocycles. The molecule has 3 heteroatoms. The molecule has 72 valence electrons. The minimum absolute atomic E-state index is 0.0190. The molecule has 0 aliphatic heterocycles. The van der Waals surface area contributed by atoms with Crippen LogP contribution in [0.15, 0.2) is 22.6 Å².